The van der Waals surface area contributed by atoms with Crippen LogP contribution in [-0.4, -0.2) is 0 Å². The quantitative estimate of drug-likeness (QED) is 0.183. The first-order valence-corrected chi connectivity index (χ1v) is 17.9. The summed E-state index contributed by atoms with van der Waals surface area (Å²) in [6.45, 7) is 0. The van der Waals surface area contributed by atoms with Crippen LogP contribution in [0.3, 0.4) is 0 Å². The van der Waals surface area contributed by atoms with Crippen molar-refractivity contribution in [3.63, 3.8) is 0 Å². The molecule has 8 aromatic carbocycles. The first kappa shape index (κ1) is 28.9. The van der Waals surface area contributed by atoms with E-state index in [-0.39, 0.29) is 0 Å². The van der Waals surface area contributed by atoms with Gasteiger partial charge in [-0.3, -0.25) is 0 Å². The number of fused-ring (bicyclic) bond motifs is 8. The minimum atomic E-state index is -0.547. The summed E-state index contributed by atoms with van der Waals surface area (Å²) in [7, 11) is 0. The van der Waals surface area contributed by atoms with Crippen LogP contribution in [0, 0.1) is 0 Å². The van der Waals surface area contributed by atoms with Crippen molar-refractivity contribution in [2.75, 3.05) is 9.80 Å². The average Bonchev–Trinajstić information content (AvgIpc) is 3.75. The van der Waals surface area contributed by atoms with Crippen molar-refractivity contribution >= 4 is 56.1 Å². The van der Waals surface area contributed by atoms with Gasteiger partial charge < -0.3 is 14.2 Å². The molecule has 3 nitrogen and oxygen atoms in total. The first-order valence-electron chi connectivity index (χ1n) is 17.9. The van der Waals surface area contributed by atoms with Gasteiger partial charge in [0.2, 0.25) is 0 Å². The van der Waals surface area contributed by atoms with Crippen LogP contribution in [0.2, 0.25) is 0 Å². The molecular formula is C49H32N2O. The second-order valence-corrected chi connectivity index (χ2v) is 13.7. The molecule has 0 saturated carbocycles. The normalized spacial score (nSPS) is 15.3. The maximum absolute atomic E-state index is 6.66. The van der Waals surface area contributed by atoms with Crippen molar-refractivity contribution in [1.82, 2.24) is 0 Å². The number of anilines is 6. The highest BCUT2D eigenvalue weighted by Crippen LogP contribution is 2.65. The summed E-state index contributed by atoms with van der Waals surface area (Å²) < 4.78 is 6.66. The predicted molar refractivity (Wildman–Crippen MR) is 214 cm³/mol. The van der Waals surface area contributed by atoms with Crippen molar-refractivity contribution in [2.45, 2.75) is 5.41 Å². The lowest BCUT2D eigenvalue weighted by Gasteiger charge is -2.44. The van der Waals surface area contributed by atoms with E-state index in [0.29, 0.717) is 0 Å². The first-order chi connectivity index (χ1) is 25.8. The van der Waals surface area contributed by atoms with E-state index in [1.165, 1.54) is 44.8 Å². The van der Waals surface area contributed by atoms with Crippen LogP contribution in [0.15, 0.2) is 199 Å². The van der Waals surface area contributed by atoms with E-state index in [1.54, 1.807) is 0 Å². The topological polar surface area (TPSA) is 19.6 Å². The van der Waals surface area contributed by atoms with Gasteiger partial charge in [0.1, 0.15) is 5.58 Å². The minimum absolute atomic E-state index is 0.547. The molecule has 0 saturated heterocycles. The van der Waals surface area contributed by atoms with Crippen molar-refractivity contribution in [2.24, 2.45) is 0 Å². The monoisotopic (exact) mass is 664 g/mol. The number of para-hydroxylation sites is 5. The zero-order valence-electron chi connectivity index (χ0n) is 28.3. The third-order valence-electron chi connectivity index (χ3n) is 11.0. The highest BCUT2D eigenvalue weighted by atomic mass is 16.3. The van der Waals surface area contributed by atoms with Crippen molar-refractivity contribution < 1.29 is 4.42 Å². The highest BCUT2D eigenvalue weighted by molar-refractivity contribution is 6.10. The minimum Gasteiger partial charge on any atom is -0.454 e. The maximum atomic E-state index is 6.66. The number of hydrogen-bond donors (Lipinski definition) is 0. The van der Waals surface area contributed by atoms with Crippen LogP contribution in [0.4, 0.5) is 34.1 Å². The van der Waals surface area contributed by atoms with Gasteiger partial charge in [-0.1, -0.05) is 133 Å². The van der Waals surface area contributed by atoms with E-state index in [0.717, 1.165) is 44.7 Å². The van der Waals surface area contributed by atoms with Crippen LogP contribution in [0.25, 0.3) is 33.1 Å². The molecule has 0 radical (unpaired) electrons. The zero-order valence-corrected chi connectivity index (χ0v) is 28.3. The molecule has 11 rings (SSSR count). The Bertz CT molecular complexity index is 2810. The lowest BCUT2D eigenvalue weighted by molar-refractivity contribution is 0.669. The number of nitrogens with zero attached hydrogens (tertiary/aromatic N) is 2. The summed E-state index contributed by atoms with van der Waals surface area (Å²) in [6, 6.07) is 70.2. The molecule has 1 aliphatic heterocycles. The molecule has 1 atom stereocenters. The number of rotatable bonds is 5. The van der Waals surface area contributed by atoms with Gasteiger partial charge in [0, 0.05) is 33.4 Å². The smallest absolute Gasteiger partial charge is 0.159 e. The zero-order chi connectivity index (χ0) is 34.2. The summed E-state index contributed by atoms with van der Waals surface area (Å²) in [6.07, 6.45) is 0. The summed E-state index contributed by atoms with van der Waals surface area (Å²) >= 11 is 0. The lowest BCUT2D eigenvalue weighted by Crippen LogP contribution is -2.36. The van der Waals surface area contributed by atoms with Gasteiger partial charge in [0.15, 0.2) is 5.58 Å². The van der Waals surface area contributed by atoms with Crippen LogP contribution in [0.5, 0.6) is 0 Å². The van der Waals surface area contributed by atoms with Gasteiger partial charge in [-0.25, -0.2) is 0 Å². The molecule has 2 heterocycles. The highest BCUT2D eigenvalue weighted by Gasteiger charge is 2.52. The van der Waals surface area contributed by atoms with E-state index in [1.807, 2.05) is 6.07 Å². The molecule has 0 N–H and O–H groups in total. The van der Waals surface area contributed by atoms with E-state index in [4.69, 9.17) is 4.42 Å². The van der Waals surface area contributed by atoms with E-state index in [9.17, 15) is 0 Å². The molecular weight excluding hydrogens is 633 g/mol. The van der Waals surface area contributed by atoms with Crippen molar-refractivity contribution in [3.05, 3.63) is 216 Å². The molecule has 52 heavy (non-hydrogen) atoms. The second-order valence-electron chi connectivity index (χ2n) is 13.7. The van der Waals surface area contributed by atoms with Crippen LogP contribution in [0.1, 0.15) is 22.3 Å². The van der Waals surface area contributed by atoms with Crippen molar-refractivity contribution in [1.29, 1.82) is 0 Å². The van der Waals surface area contributed by atoms with Crippen LogP contribution >= 0.6 is 0 Å². The van der Waals surface area contributed by atoms with Crippen LogP contribution in [-0.2, 0) is 5.41 Å². The Morgan fingerprint density at radius 2 is 1.13 bits per heavy atom. The molecule has 0 spiro atoms. The maximum Gasteiger partial charge on any atom is 0.159 e. The fraction of sp³-hybridized carbons (Fsp3) is 0.0204. The van der Waals surface area contributed by atoms with Gasteiger partial charge in [0.25, 0.3) is 0 Å². The molecule has 1 unspecified atom stereocenters. The molecule has 1 aromatic heterocycles. The van der Waals surface area contributed by atoms with Crippen molar-refractivity contribution in [3.8, 4) is 11.1 Å². The lowest BCUT2D eigenvalue weighted by atomic mass is 9.65. The SMILES string of the molecule is c1ccc(N2c3ccccc3C3(c4ccccc4)c4cc(N(c5ccccc5)c5cccc6c5oc5ccccc56)ccc4-c4cccc2c43)cc1. The van der Waals surface area contributed by atoms with Gasteiger partial charge in [0.05, 0.1) is 22.5 Å². The summed E-state index contributed by atoms with van der Waals surface area (Å²) in [5.41, 5.74) is 15.5. The molecule has 0 fully saturated rings. The summed E-state index contributed by atoms with van der Waals surface area (Å²) in [5, 5.41) is 2.23. The molecule has 1 aliphatic carbocycles. The fourth-order valence-electron chi connectivity index (χ4n) is 9.00. The molecule has 0 bridgehead atoms. The Kier molecular flexibility index (Phi) is 6.17. The predicted octanol–water partition coefficient (Wildman–Crippen LogP) is 13.2. The Morgan fingerprint density at radius 3 is 1.98 bits per heavy atom. The molecule has 244 valence electrons. The van der Waals surface area contributed by atoms with Gasteiger partial charge in [-0.05, 0) is 88.5 Å². The third kappa shape index (κ3) is 3.91. The van der Waals surface area contributed by atoms with E-state index < -0.39 is 5.41 Å². The number of furan rings is 1. The van der Waals surface area contributed by atoms with Gasteiger partial charge in [-0.15, -0.1) is 0 Å². The second kappa shape index (κ2) is 11.1. The largest absolute Gasteiger partial charge is 0.454 e. The Balaban J connectivity index is 1.23. The van der Waals surface area contributed by atoms with E-state index in [2.05, 4.69) is 198 Å². The van der Waals surface area contributed by atoms with Crippen LogP contribution < -0.4 is 9.80 Å². The molecule has 2 aliphatic rings. The summed E-state index contributed by atoms with van der Waals surface area (Å²) in [5.74, 6) is 0. The average molecular weight is 665 g/mol. The third-order valence-corrected chi connectivity index (χ3v) is 11.0. The van der Waals surface area contributed by atoms with E-state index >= 15 is 0 Å². The Morgan fingerprint density at radius 1 is 0.462 bits per heavy atom. The Labute approximate surface area is 302 Å². The number of hydrogen-bond acceptors (Lipinski definition) is 3. The molecule has 9 aromatic rings. The summed E-state index contributed by atoms with van der Waals surface area (Å²) in [4.78, 5) is 4.80. The molecule has 3 heteroatoms. The fourth-order valence-corrected chi connectivity index (χ4v) is 9.00. The number of benzene rings is 8. The van der Waals surface area contributed by atoms with Gasteiger partial charge in [-0.2, -0.15) is 0 Å². The van der Waals surface area contributed by atoms with Gasteiger partial charge >= 0.3 is 0 Å². The molecule has 0 amide bonds. The standard InChI is InChI=1S/C49H32N2O/c1-4-16-33(17-5-1)49-41-25-11-12-26-43(41)51(35-20-8-3-9-21-35)44-27-14-23-39(47(44)49)37-31-30-36(32-42(37)49)50(34-18-6-2-7-19-34)45-28-15-24-40-38-22-10-13-29-46(38)52-48(40)45/h1-32H. The Hall–Kier alpha value is -6.84.